The van der Waals surface area contributed by atoms with Crippen molar-refractivity contribution in [3.8, 4) is 34.0 Å². The first-order valence-electron chi connectivity index (χ1n) is 9.39. The van der Waals surface area contributed by atoms with Crippen LogP contribution in [-0.2, 0) is 7.05 Å². The summed E-state index contributed by atoms with van der Waals surface area (Å²) in [7, 11) is 1.98. The van der Waals surface area contributed by atoms with Gasteiger partial charge in [-0.15, -0.1) is 0 Å². The zero-order valence-corrected chi connectivity index (χ0v) is 16.2. The molecule has 0 amide bonds. The largest absolute Gasteiger partial charge is 0.472 e. The summed E-state index contributed by atoms with van der Waals surface area (Å²) in [4.78, 5) is 21.7. The van der Waals surface area contributed by atoms with Gasteiger partial charge in [0.2, 0.25) is 0 Å². The van der Waals surface area contributed by atoms with Crippen LogP contribution in [0.3, 0.4) is 0 Å². The maximum Gasteiger partial charge on any atom is 0.161 e. The first-order valence-corrected chi connectivity index (χ1v) is 9.39. The third-order valence-electron chi connectivity index (χ3n) is 5.34. The van der Waals surface area contributed by atoms with Gasteiger partial charge in [0.25, 0.3) is 0 Å². The third kappa shape index (κ3) is 2.38. The van der Waals surface area contributed by atoms with Gasteiger partial charge in [-0.25, -0.2) is 15.0 Å². The highest BCUT2D eigenvalue weighted by Gasteiger charge is 2.18. The van der Waals surface area contributed by atoms with Crippen LogP contribution in [0.4, 0.5) is 0 Å². The molecule has 0 saturated carbocycles. The minimum absolute atomic E-state index is 0.625. The van der Waals surface area contributed by atoms with E-state index in [-0.39, 0.29) is 0 Å². The molecule has 0 atom stereocenters. The molecule has 6 aromatic rings. The number of pyridine rings is 2. The molecule has 0 aliphatic carbocycles. The van der Waals surface area contributed by atoms with Crippen molar-refractivity contribution in [3.63, 3.8) is 0 Å². The molecule has 6 rings (SSSR count). The number of H-pyrrole nitrogens is 2. The lowest BCUT2D eigenvalue weighted by atomic mass is 10.1. The average molecular weight is 396 g/mol. The maximum absolute atomic E-state index is 5.22. The maximum atomic E-state index is 5.22. The van der Waals surface area contributed by atoms with E-state index >= 15 is 0 Å². The lowest BCUT2D eigenvalue weighted by Crippen LogP contribution is -1.96. The number of furan rings is 1. The number of aryl methyl sites for hydroxylation is 1. The van der Waals surface area contributed by atoms with Crippen molar-refractivity contribution in [1.29, 1.82) is 0 Å². The lowest BCUT2D eigenvalue weighted by molar-refractivity contribution is 0.568. The van der Waals surface area contributed by atoms with Crippen molar-refractivity contribution < 1.29 is 4.42 Å². The first-order chi connectivity index (χ1) is 14.7. The summed E-state index contributed by atoms with van der Waals surface area (Å²) in [5, 5.41) is 7.52. The van der Waals surface area contributed by atoms with Crippen molar-refractivity contribution in [2.45, 2.75) is 6.92 Å². The van der Waals surface area contributed by atoms with Gasteiger partial charge in [-0.2, -0.15) is 5.10 Å². The first kappa shape index (κ1) is 16.7. The number of nitrogens with zero attached hydrogens (tertiary/aromatic N) is 6. The van der Waals surface area contributed by atoms with Gasteiger partial charge in [-0.1, -0.05) is 0 Å². The van der Waals surface area contributed by atoms with Gasteiger partial charge < -0.3 is 14.0 Å². The van der Waals surface area contributed by atoms with Gasteiger partial charge >= 0.3 is 0 Å². The lowest BCUT2D eigenvalue weighted by Gasteiger charge is -2.03. The fourth-order valence-corrected chi connectivity index (χ4v) is 3.62. The van der Waals surface area contributed by atoms with Crippen molar-refractivity contribution in [2.24, 2.45) is 7.05 Å². The van der Waals surface area contributed by atoms with Crippen LogP contribution in [0, 0.1) is 6.92 Å². The molecule has 6 aromatic heterocycles. The standard InChI is InChI=1S/C21H16N8O/c1-11-23-9-17(29(11)2)14-3-4-15-19(24-14)20(28-27-15)21-25-16-8-22-7-13(18(16)26-21)12-5-6-30-10-12/h3-10H,1-2H3,(H,25,26)(H,27,28). The van der Waals surface area contributed by atoms with Gasteiger partial charge in [-0.3, -0.25) is 10.1 Å². The zero-order chi connectivity index (χ0) is 20.2. The number of aromatic amines is 2. The average Bonchev–Trinajstić information content (AvgIpc) is 3.54. The summed E-state index contributed by atoms with van der Waals surface area (Å²) in [5.74, 6) is 1.55. The Bertz CT molecular complexity index is 1520. The summed E-state index contributed by atoms with van der Waals surface area (Å²) in [6.45, 7) is 1.96. The normalized spacial score (nSPS) is 11.7. The second-order valence-electron chi connectivity index (χ2n) is 7.10. The van der Waals surface area contributed by atoms with Crippen molar-refractivity contribution in [3.05, 3.63) is 55.1 Å². The van der Waals surface area contributed by atoms with E-state index in [1.165, 1.54) is 0 Å². The fourth-order valence-electron chi connectivity index (χ4n) is 3.62. The van der Waals surface area contributed by atoms with E-state index in [0.29, 0.717) is 11.5 Å². The van der Waals surface area contributed by atoms with Crippen molar-refractivity contribution in [1.82, 2.24) is 39.7 Å². The van der Waals surface area contributed by atoms with Crippen molar-refractivity contribution in [2.75, 3.05) is 0 Å². The predicted molar refractivity (Wildman–Crippen MR) is 111 cm³/mol. The second kappa shape index (κ2) is 6.11. The topological polar surface area (TPSA) is 114 Å². The minimum Gasteiger partial charge on any atom is -0.472 e. The molecule has 0 fully saturated rings. The Morgan fingerprint density at radius 1 is 1.00 bits per heavy atom. The van der Waals surface area contributed by atoms with Gasteiger partial charge in [-0.05, 0) is 25.1 Å². The summed E-state index contributed by atoms with van der Waals surface area (Å²) in [6.07, 6.45) is 8.67. The molecule has 6 heterocycles. The van der Waals surface area contributed by atoms with E-state index in [9.17, 15) is 0 Å². The predicted octanol–water partition coefficient (Wildman–Crippen LogP) is 3.87. The Labute approximate surface area is 169 Å². The van der Waals surface area contributed by atoms with Crippen LogP contribution in [-0.4, -0.2) is 39.7 Å². The number of imidazole rings is 2. The minimum atomic E-state index is 0.625. The zero-order valence-electron chi connectivity index (χ0n) is 16.2. The van der Waals surface area contributed by atoms with E-state index in [1.807, 2.05) is 42.9 Å². The Balaban J connectivity index is 1.53. The van der Waals surface area contributed by atoms with Gasteiger partial charge in [0.05, 0.1) is 47.3 Å². The van der Waals surface area contributed by atoms with E-state index < -0.39 is 0 Å². The van der Waals surface area contributed by atoms with E-state index in [1.54, 1.807) is 24.9 Å². The molecule has 9 heteroatoms. The molecule has 146 valence electrons. The Morgan fingerprint density at radius 2 is 1.93 bits per heavy atom. The quantitative estimate of drug-likeness (QED) is 0.469. The molecule has 0 aliphatic heterocycles. The molecular formula is C21H16N8O. The van der Waals surface area contributed by atoms with Crippen LogP contribution in [0.15, 0.2) is 53.7 Å². The number of rotatable bonds is 3. The van der Waals surface area contributed by atoms with E-state index in [2.05, 4.69) is 25.1 Å². The molecule has 0 aromatic carbocycles. The highest BCUT2D eigenvalue weighted by Crippen LogP contribution is 2.31. The summed E-state index contributed by atoms with van der Waals surface area (Å²) in [6, 6.07) is 5.82. The molecule has 0 bridgehead atoms. The molecule has 0 saturated heterocycles. The van der Waals surface area contributed by atoms with Gasteiger partial charge in [0.1, 0.15) is 16.9 Å². The molecule has 0 aliphatic rings. The van der Waals surface area contributed by atoms with E-state index in [0.717, 1.165) is 50.4 Å². The van der Waals surface area contributed by atoms with Crippen LogP contribution < -0.4 is 0 Å². The van der Waals surface area contributed by atoms with Crippen LogP contribution in [0.25, 0.3) is 56.1 Å². The molecule has 9 nitrogen and oxygen atoms in total. The van der Waals surface area contributed by atoms with E-state index in [4.69, 9.17) is 14.4 Å². The SMILES string of the molecule is Cc1ncc(-c2ccc3[nH]nc(-c4nc5c(-c6ccoc6)cncc5[nH]4)c3n2)n1C. The van der Waals surface area contributed by atoms with Crippen LogP contribution in [0.1, 0.15) is 5.82 Å². The molecule has 0 unspecified atom stereocenters. The van der Waals surface area contributed by atoms with Crippen LogP contribution in [0.2, 0.25) is 0 Å². The number of fused-ring (bicyclic) bond motifs is 2. The Morgan fingerprint density at radius 3 is 2.73 bits per heavy atom. The van der Waals surface area contributed by atoms with Crippen LogP contribution >= 0.6 is 0 Å². The molecular weight excluding hydrogens is 380 g/mol. The monoisotopic (exact) mass is 396 g/mol. The fraction of sp³-hybridized carbons (Fsp3) is 0.0952. The summed E-state index contributed by atoms with van der Waals surface area (Å²) >= 11 is 0. The molecule has 30 heavy (non-hydrogen) atoms. The number of hydrogen-bond acceptors (Lipinski definition) is 6. The Hall–Kier alpha value is -4.27. The van der Waals surface area contributed by atoms with Gasteiger partial charge in [0, 0.05) is 24.4 Å². The van der Waals surface area contributed by atoms with Gasteiger partial charge in [0.15, 0.2) is 11.5 Å². The summed E-state index contributed by atoms with van der Waals surface area (Å²) in [5.41, 5.74) is 7.43. The van der Waals surface area contributed by atoms with Crippen molar-refractivity contribution >= 4 is 22.1 Å². The molecule has 0 radical (unpaired) electrons. The number of hydrogen-bond donors (Lipinski definition) is 2. The third-order valence-corrected chi connectivity index (χ3v) is 5.34. The number of aromatic nitrogens is 8. The highest BCUT2D eigenvalue weighted by atomic mass is 16.3. The smallest absolute Gasteiger partial charge is 0.161 e. The molecule has 0 spiro atoms. The highest BCUT2D eigenvalue weighted by molar-refractivity contribution is 5.95. The number of nitrogens with one attached hydrogen (secondary N) is 2. The Kier molecular flexibility index (Phi) is 3.40. The molecule has 2 N–H and O–H groups in total. The van der Waals surface area contributed by atoms with Crippen LogP contribution in [0.5, 0.6) is 0 Å². The second-order valence-corrected chi connectivity index (χ2v) is 7.10. The summed E-state index contributed by atoms with van der Waals surface area (Å²) < 4.78 is 7.23.